The zero-order chi connectivity index (χ0) is 13.8. The second kappa shape index (κ2) is 6.37. The molecule has 0 heterocycles. The lowest BCUT2D eigenvalue weighted by atomic mass is 10.2. The molecule has 0 saturated heterocycles. The lowest BCUT2D eigenvalue weighted by Gasteiger charge is -2.11. The van der Waals surface area contributed by atoms with Gasteiger partial charge in [0.15, 0.2) is 0 Å². The molecule has 0 atom stereocenters. The van der Waals surface area contributed by atoms with Crippen molar-refractivity contribution in [1.82, 2.24) is 0 Å². The van der Waals surface area contributed by atoms with Crippen molar-refractivity contribution in [2.45, 2.75) is 13.2 Å². The maximum atomic E-state index is 13.3. The monoisotopic (exact) mass is 344 g/mol. The van der Waals surface area contributed by atoms with Crippen molar-refractivity contribution >= 4 is 27.5 Å². The topological polar surface area (TPSA) is 29.5 Å². The van der Waals surface area contributed by atoms with Crippen molar-refractivity contribution in [2.75, 3.05) is 0 Å². The normalized spacial score (nSPS) is 10.5. The highest BCUT2D eigenvalue weighted by molar-refractivity contribution is 9.10. The van der Waals surface area contributed by atoms with Gasteiger partial charge in [-0.25, -0.2) is 4.39 Å². The van der Waals surface area contributed by atoms with Crippen LogP contribution >= 0.6 is 27.5 Å². The highest BCUT2D eigenvalue weighted by Crippen LogP contribution is 2.26. The minimum absolute atomic E-state index is 0.0603. The van der Waals surface area contributed by atoms with Crippen LogP contribution in [-0.4, -0.2) is 5.11 Å². The second-order valence-corrected chi connectivity index (χ2v) is 5.21. The smallest absolute Gasteiger partial charge is 0.142 e. The van der Waals surface area contributed by atoms with Gasteiger partial charge in [0.2, 0.25) is 0 Å². The third-order valence-electron chi connectivity index (χ3n) is 2.61. The molecule has 0 spiro atoms. The standard InChI is InChI=1S/C14H11BrClFO2/c15-11-4-5-13(10(6-11)7-18)19-8-9-2-1-3-12(17)14(9)16/h1-6,18H,7-8H2. The van der Waals surface area contributed by atoms with Crippen LogP contribution < -0.4 is 4.74 Å². The molecule has 0 fully saturated rings. The number of hydrogen-bond acceptors (Lipinski definition) is 2. The number of aliphatic hydroxyl groups excluding tert-OH is 1. The van der Waals surface area contributed by atoms with Crippen molar-refractivity contribution in [3.05, 3.63) is 62.8 Å². The first-order valence-corrected chi connectivity index (χ1v) is 6.74. The SMILES string of the molecule is OCc1cc(Br)ccc1OCc1cccc(F)c1Cl. The molecule has 0 unspecified atom stereocenters. The van der Waals surface area contributed by atoms with Crippen LogP contribution in [0.5, 0.6) is 5.75 Å². The van der Waals surface area contributed by atoms with E-state index in [1.807, 2.05) is 6.07 Å². The summed E-state index contributed by atoms with van der Waals surface area (Å²) >= 11 is 9.16. The molecule has 0 saturated carbocycles. The number of aliphatic hydroxyl groups is 1. The van der Waals surface area contributed by atoms with E-state index in [2.05, 4.69) is 15.9 Å². The van der Waals surface area contributed by atoms with Gasteiger partial charge in [-0.05, 0) is 24.3 Å². The third kappa shape index (κ3) is 3.47. The van der Waals surface area contributed by atoms with Gasteiger partial charge in [0.1, 0.15) is 18.2 Å². The van der Waals surface area contributed by atoms with E-state index in [1.165, 1.54) is 6.07 Å². The summed E-state index contributed by atoms with van der Waals surface area (Å²) < 4.78 is 19.7. The summed E-state index contributed by atoms with van der Waals surface area (Å²) in [5.74, 6) is 0.0759. The van der Waals surface area contributed by atoms with E-state index in [0.29, 0.717) is 16.9 Å². The fourth-order valence-corrected chi connectivity index (χ4v) is 2.22. The first-order chi connectivity index (χ1) is 9.11. The predicted octanol–water partition coefficient (Wildman–Crippen LogP) is 4.31. The average molecular weight is 346 g/mol. The van der Waals surface area contributed by atoms with E-state index in [4.69, 9.17) is 16.3 Å². The van der Waals surface area contributed by atoms with Crippen LogP contribution in [0.4, 0.5) is 4.39 Å². The Kier molecular flexibility index (Phi) is 4.80. The van der Waals surface area contributed by atoms with Crippen LogP contribution in [0.15, 0.2) is 40.9 Å². The third-order valence-corrected chi connectivity index (χ3v) is 3.52. The number of ether oxygens (including phenoxy) is 1. The summed E-state index contributed by atoms with van der Waals surface area (Å²) in [6.45, 7) is 0.0108. The molecule has 19 heavy (non-hydrogen) atoms. The average Bonchev–Trinajstić information content (AvgIpc) is 2.41. The van der Waals surface area contributed by atoms with Crippen LogP contribution in [0.1, 0.15) is 11.1 Å². The van der Waals surface area contributed by atoms with Crippen LogP contribution in [0.25, 0.3) is 0 Å². The minimum atomic E-state index is -0.471. The second-order valence-electron chi connectivity index (χ2n) is 3.91. The van der Waals surface area contributed by atoms with Gasteiger partial charge in [0, 0.05) is 15.6 Å². The molecular weight excluding hydrogens is 335 g/mol. The summed E-state index contributed by atoms with van der Waals surface area (Å²) in [5, 5.41) is 9.31. The molecule has 100 valence electrons. The lowest BCUT2D eigenvalue weighted by Crippen LogP contribution is -2.00. The molecule has 0 bridgehead atoms. The number of halogens is 3. The Balaban J connectivity index is 2.17. The maximum Gasteiger partial charge on any atom is 0.142 e. The largest absolute Gasteiger partial charge is 0.488 e. The van der Waals surface area contributed by atoms with E-state index in [-0.39, 0.29) is 18.2 Å². The fraction of sp³-hybridized carbons (Fsp3) is 0.143. The van der Waals surface area contributed by atoms with Crippen molar-refractivity contribution in [1.29, 1.82) is 0 Å². The predicted molar refractivity (Wildman–Crippen MR) is 75.8 cm³/mol. The highest BCUT2D eigenvalue weighted by atomic mass is 79.9. The van der Waals surface area contributed by atoms with E-state index >= 15 is 0 Å². The zero-order valence-corrected chi connectivity index (χ0v) is 12.2. The quantitative estimate of drug-likeness (QED) is 0.894. The van der Waals surface area contributed by atoms with Gasteiger partial charge in [-0.3, -0.25) is 0 Å². The Morgan fingerprint density at radius 1 is 1.21 bits per heavy atom. The van der Waals surface area contributed by atoms with Crippen molar-refractivity contribution in [2.24, 2.45) is 0 Å². The Labute approximate surface area is 123 Å². The number of rotatable bonds is 4. The summed E-state index contributed by atoms with van der Waals surface area (Å²) in [6.07, 6.45) is 0. The molecule has 2 aromatic carbocycles. The lowest BCUT2D eigenvalue weighted by molar-refractivity contribution is 0.259. The van der Waals surface area contributed by atoms with E-state index in [9.17, 15) is 9.50 Å². The van der Waals surface area contributed by atoms with Gasteiger partial charge in [-0.15, -0.1) is 0 Å². The first kappa shape index (κ1) is 14.3. The molecule has 0 aliphatic rings. The Morgan fingerprint density at radius 3 is 2.74 bits per heavy atom. The van der Waals surface area contributed by atoms with E-state index in [0.717, 1.165) is 4.47 Å². The molecule has 0 aliphatic carbocycles. The number of hydrogen-bond donors (Lipinski definition) is 1. The van der Waals surface area contributed by atoms with Gasteiger partial charge >= 0.3 is 0 Å². The molecule has 0 aliphatic heterocycles. The Morgan fingerprint density at radius 2 is 2.00 bits per heavy atom. The molecule has 5 heteroatoms. The van der Waals surface area contributed by atoms with Gasteiger partial charge < -0.3 is 9.84 Å². The van der Waals surface area contributed by atoms with Gasteiger partial charge in [0.05, 0.1) is 11.6 Å². The molecule has 1 N–H and O–H groups in total. The van der Waals surface area contributed by atoms with E-state index in [1.54, 1.807) is 24.3 Å². The van der Waals surface area contributed by atoms with Crippen LogP contribution in [0.2, 0.25) is 5.02 Å². The Bertz CT molecular complexity index is 590. The van der Waals surface area contributed by atoms with Crippen molar-refractivity contribution in [3.8, 4) is 5.75 Å². The van der Waals surface area contributed by atoms with E-state index < -0.39 is 5.82 Å². The molecule has 2 rings (SSSR count). The number of benzene rings is 2. The van der Waals surface area contributed by atoms with Crippen molar-refractivity contribution in [3.63, 3.8) is 0 Å². The van der Waals surface area contributed by atoms with Gasteiger partial charge in [-0.2, -0.15) is 0 Å². The zero-order valence-electron chi connectivity index (χ0n) is 9.87. The summed E-state index contributed by atoms with van der Waals surface area (Å²) in [6, 6.07) is 9.88. The van der Waals surface area contributed by atoms with Crippen LogP contribution in [-0.2, 0) is 13.2 Å². The molecule has 2 nitrogen and oxygen atoms in total. The summed E-state index contributed by atoms with van der Waals surface area (Å²) in [7, 11) is 0. The molecule has 0 amide bonds. The van der Waals surface area contributed by atoms with Gasteiger partial charge in [0.25, 0.3) is 0 Å². The van der Waals surface area contributed by atoms with Crippen LogP contribution in [0.3, 0.4) is 0 Å². The summed E-state index contributed by atoms with van der Waals surface area (Å²) in [5.41, 5.74) is 1.22. The first-order valence-electron chi connectivity index (χ1n) is 5.57. The van der Waals surface area contributed by atoms with Crippen LogP contribution in [0, 0.1) is 5.82 Å². The highest BCUT2D eigenvalue weighted by Gasteiger charge is 2.08. The maximum absolute atomic E-state index is 13.3. The molecule has 0 aromatic heterocycles. The van der Waals surface area contributed by atoms with Gasteiger partial charge in [-0.1, -0.05) is 39.7 Å². The summed E-state index contributed by atoms with van der Waals surface area (Å²) in [4.78, 5) is 0. The molecule has 2 aromatic rings. The molecule has 0 radical (unpaired) electrons. The van der Waals surface area contributed by atoms with Crippen molar-refractivity contribution < 1.29 is 14.2 Å². The fourth-order valence-electron chi connectivity index (χ4n) is 1.63. The Hall–Kier alpha value is -1.10. The molecular formula is C14H11BrClFO2. The minimum Gasteiger partial charge on any atom is -0.488 e.